The summed E-state index contributed by atoms with van der Waals surface area (Å²) in [5.41, 5.74) is -0.306. The number of aliphatic hydroxyl groups is 2. The third-order valence-electron chi connectivity index (χ3n) is 2.47. The first-order chi connectivity index (χ1) is 9.35. The van der Waals surface area contributed by atoms with Gasteiger partial charge in [-0.2, -0.15) is 0 Å². The summed E-state index contributed by atoms with van der Waals surface area (Å²) >= 11 is 0. The third kappa shape index (κ3) is 3.67. The van der Waals surface area contributed by atoms with E-state index < -0.39 is 35.2 Å². The molecule has 4 N–H and O–H groups in total. The van der Waals surface area contributed by atoms with Crippen LogP contribution in [0.15, 0.2) is 23.1 Å². The largest absolute Gasteiger partial charge is 0.496 e. The monoisotopic (exact) mass is 305 g/mol. The molecule has 20 heavy (non-hydrogen) atoms. The van der Waals surface area contributed by atoms with E-state index in [1.165, 1.54) is 19.2 Å². The topological polar surface area (TPSA) is 133 Å². The van der Waals surface area contributed by atoms with Crippen molar-refractivity contribution in [1.82, 2.24) is 4.72 Å². The molecule has 0 atom stereocenters. The fourth-order valence-electron chi connectivity index (χ4n) is 1.44. The Balaban J connectivity index is 3.19. The van der Waals surface area contributed by atoms with Crippen LogP contribution in [-0.2, 0) is 10.0 Å². The number of carbonyl (C=O) groups is 1. The van der Waals surface area contributed by atoms with Crippen LogP contribution in [0.25, 0.3) is 0 Å². The number of carboxylic acid groups (broad SMARTS) is 1. The van der Waals surface area contributed by atoms with Crippen LogP contribution >= 0.6 is 0 Å². The first kappa shape index (κ1) is 16.4. The van der Waals surface area contributed by atoms with E-state index in [9.17, 15) is 13.2 Å². The summed E-state index contributed by atoms with van der Waals surface area (Å²) in [6, 6.07) is 2.26. The Morgan fingerprint density at radius 3 is 2.40 bits per heavy atom. The first-order valence-electron chi connectivity index (χ1n) is 5.51. The molecule has 1 rings (SSSR count). The van der Waals surface area contributed by atoms with Crippen molar-refractivity contribution in [2.75, 3.05) is 20.3 Å². The van der Waals surface area contributed by atoms with Crippen LogP contribution in [0.1, 0.15) is 10.4 Å². The number of ether oxygens (including phenoxy) is 1. The summed E-state index contributed by atoms with van der Waals surface area (Å²) in [4.78, 5) is 10.7. The minimum Gasteiger partial charge on any atom is -0.496 e. The molecular weight excluding hydrogens is 290 g/mol. The third-order valence-corrected chi connectivity index (χ3v) is 3.99. The van der Waals surface area contributed by atoms with Gasteiger partial charge in [0.15, 0.2) is 0 Å². The normalized spacial score (nSPS) is 11.6. The molecule has 1 aromatic rings. The van der Waals surface area contributed by atoms with Gasteiger partial charge >= 0.3 is 5.97 Å². The van der Waals surface area contributed by atoms with Gasteiger partial charge in [-0.3, -0.25) is 0 Å². The summed E-state index contributed by atoms with van der Waals surface area (Å²) in [5, 5.41) is 26.7. The molecule has 0 saturated heterocycles. The van der Waals surface area contributed by atoms with Gasteiger partial charge in [-0.05, 0) is 18.2 Å². The molecule has 0 heterocycles. The van der Waals surface area contributed by atoms with E-state index in [2.05, 4.69) is 4.72 Å². The van der Waals surface area contributed by atoms with Crippen LogP contribution < -0.4 is 9.46 Å². The van der Waals surface area contributed by atoms with Gasteiger partial charge in [0, 0.05) is 0 Å². The Bertz CT molecular complexity index is 580. The lowest BCUT2D eigenvalue weighted by molar-refractivity contribution is 0.0693. The zero-order chi connectivity index (χ0) is 15.3. The molecule has 112 valence electrons. The van der Waals surface area contributed by atoms with Gasteiger partial charge in [-0.15, -0.1) is 0 Å². The van der Waals surface area contributed by atoms with Crippen molar-refractivity contribution in [3.8, 4) is 5.75 Å². The zero-order valence-electron chi connectivity index (χ0n) is 10.6. The molecule has 0 fully saturated rings. The quantitative estimate of drug-likeness (QED) is 0.509. The number of nitrogens with one attached hydrogen (secondary N) is 1. The SMILES string of the molecule is COc1ccc(S(=O)(=O)NC(CO)CO)cc1C(=O)O. The lowest BCUT2D eigenvalue weighted by atomic mass is 10.2. The van der Waals surface area contributed by atoms with Gasteiger partial charge < -0.3 is 20.1 Å². The Labute approximate surface area is 115 Å². The fraction of sp³-hybridized carbons (Fsp3) is 0.364. The van der Waals surface area contributed by atoms with E-state index in [-0.39, 0.29) is 16.2 Å². The molecule has 0 aliphatic rings. The number of benzene rings is 1. The molecule has 0 spiro atoms. The van der Waals surface area contributed by atoms with Crippen LogP contribution in [0.4, 0.5) is 0 Å². The van der Waals surface area contributed by atoms with E-state index in [1.807, 2.05) is 0 Å². The van der Waals surface area contributed by atoms with Gasteiger partial charge in [0.05, 0.1) is 31.3 Å². The van der Waals surface area contributed by atoms with E-state index in [0.29, 0.717) is 0 Å². The van der Waals surface area contributed by atoms with Gasteiger partial charge in [0.25, 0.3) is 0 Å². The summed E-state index contributed by atoms with van der Waals surface area (Å²) in [6.45, 7) is -1.17. The maximum atomic E-state index is 12.0. The smallest absolute Gasteiger partial charge is 0.339 e. The highest BCUT2D eigenvalue weighted by Gasteiger charge is 2.22. The van der Waals surface area contributed by atoms with E-state index >= 15 is 0 Å². The molecule has 0 aliphatic heterocycles. The number of aromatic carboxylic acids is 1. The minimum absolute atomic E-state index is 0.0253. The molecule has 0 amide bonds. The molecule has 0 saturated carbocycles. The summed E-state index contributed by atoms with van der Waals surface area (Å²) in [5.74, 6) is -1.31. The van der Waals surface area contributed by atoms with Crippen LogP contribution in [0.3, 0.4) is 0 Å². The number of hydrogen-bond donors (Lipinski definition) is 4. The van der Waals surface area contributed by atoms with Gasteiger partial charge in [-0.25, -0.2) is 17.9 Å². The highest BCUT2D eigenvalue weighted by atomic mass is 32.2. The number of methoxy groups -OCH3 is 1. The first-order valence-corrected chi connectivity index (χ1v) is 6.99. The second-order valence-corrected chi connectivity index (χ2v) is 5.56. The summed E-state index contributed by atoms with van der Waals surface area (Å²) in [6.07, 6.45) is 0. The fourth-order valence-corrected chi connectivity index (χ4v) is 2.69. The van der Waals surface area contributed by atoms with Crippen LogP contribution in [0.2, 0.25) is 0 Å². The summed E-state index contributed by atoms with van der Waals surface area (Å²) in [7, 11) is -2.79. The van der Waals surface area contributed by atoms with Gasteiger partial charge in [0.2, 0.25) is 10.0 Å². The average molecular weight is 305 g/mol. The molecule has 0 aromatic heterocycles. The average Bonchev–Trinajstić information content (AvgIpc) is 2.43. The van der Waals surface area contributed by atoms with Crippen molar-refractivity contribution >= 4 is 16.0 Å². The summed E-state index contributed by atoms with van der Waals surface area (Å²) < 4.78 is 30.8. The molecule has 0 bridgehead atoms. The van der Waals surface area contributed by atoms with Crippen LogP contribution in [0.5, 0.6) is 5.75 Å². The van der Waals surface area contributed by atoms with Crippen molar-refractivity contribution < 1.29 is 33.3 Å². The predicted molar refractivity (Wildman–Crippen MR) is 68.2 cm³/mol. The number of sulfonamides is 1. The Hall–Kier alpha value is -1.68. The Morgan fingerprint density at radius 2 is 1.95 bits per heavy atom. The standard InChI is InChI=1S/C11H15NO7S/c1-19-10-3-2-8(4-9(10)11(15)16)20(17,18)12-7(5-13)6-14/h2-4,7,12-14H,5-6H2,1H3,(H,15,16). The molecule has 9 heteroatoms. The van der Waals surface area contributed by atoms with E-state index in [1.54, 1.807) is 0 Å². The van der Waals surface area contributed by atoms with Crippen LogP contribution in [0, 0.1) is 0 Å². The Morgan fingerprint density at radius 1 is 1.35 bits per heavy atom. The molecule has 0 unspecified atom stereocenters. The zero-order valence-corrected chi connectivity index (χ0v) is 11.4. The lowest BCUT2D eigenvalue weighted by Gasteiger charge is -2.14. The van der Waals surface area contributed by atoms with Crippen molar-refractivity contribution in [1.29, 1.82) is 0 Å². The number of rotatable bonds is 7. The number of carboxylic acids is 1. The second-order valence-electron chi connectivity index (χ2n) is 3.85. The Kier molecular flexibility index (Phi) is 5.45. The van der Waals surface area contributed by atoms with Crippen molar-refractivity contribution in [3.63, 3.8) is 0 Å². The lowest BCUT2D eigenvalue weighted by Crippen LogP contribution is -2.40. The minimum atomic E-state index is -4.05. The maximum absolute atomic E-state index is 12.0. The maximum Gasteiger partial charge on any atom is 0.339 e. The molecule has 0 aliphatic carbocycles. The second kappa shape index (κ2) is 6.66. The van der Waals surface area contributed by atoms with Crippen LogP contribution in [-0.4, -0.2) is 56.1 Å². The van der Waals surface area contributed by atoms with Crippen molar-refractivity contribution in [2.24, 2.45) is 0 Å². The van der Waals surface area contributed by atoms with E-state index in [4.69, 9.17) is 20.1 Å². The number of aliphatic hydroxyl groups excluding tert-OH is 2. The molecular formula is C11H15NO7S. The molecule has 8 nitrogen and oxygen atoms in total. The van der Waals surface area contributed by atoms with E-state index in [0.717, 1.165) is 6.07 Å². The predicted octanol–water partition coefficient (Wildman–Crippen LogP) is -0.975. The number of hydrogen-bond acceptors (Lipinski definition) is 6. The van der Waals surface area contributed by atoms with Gasteiger partial charge in [-0.1, -0.05) is 0 Å². The van der Waals surface area contributed by atoms with Gasteiger partial charge in [0.1, 0.15) is 11.3 Å². The molecule has 1 aromatic carbocycles. The van der Waals surface area contributed by atoms with Crippen molar-refractivity contribution in [2.45, 2.75) is 10.9 Å². The highest BCUT2D eigenvalue weighted by molar-refractivity contribution is 7.89. The van der Waals surface area contributed by atoms with Crippen molar-refractivity contribution in [3.05, 3.63) is 23.8 Å². The molecule has 0 radical (unpaired) electrons. The highest BCUT2D eigenvalue weighted by Crippen LogP contribution is 2.22.